The van der Waals surface area contributed by atoms with Crippen LogP contribution in [0.3, 0.4) is 0 Å². The van der Waals surface area contributed by atoms with Crippen LogP contribution >= 0.6 is 23.6 Å². The van der Waals surface area contributed by atoms with Gasteiger partial charge in [-0.05, 0) is 61.6 Å². The van der Waals surface area contributed by atoms with Gasteiger partial charge < -0.3 is 10.6 Å². The van der Waals surface area contributed by atoms with Crippen LogP contribution in [0.5, 0.6) is 0 Å². The molecule has 19 heavy (non-hydrogen) atoms. The fourth-order valence-electron chi connectivity index (χ4n) is 1.83. The minimum absolute atomic E-state index is 0.227. The molecule has 100 valence electrons. The van der Waals surface area contributed by atoms with E-state index in [1.165, 1.54) is 16.0 Å². The van der Waals surface area contributed by atoms with E-state index in [0.717, 1.165) is 5.69 Å². The molecule has 1 heterocycles. The molecule has 0 aliphatic rings. The molecule has 0 radical (unpaired) electrons. The molecule has 4 heteroatoms. The summed E-state index contributed by atoms with van der Waals surface area (Å²) in [5.41, 5.74) is 3.48. The number of rotatable bonds is 3. The summed E-state index contributed by atoms with van der Waals surface area (Å²) in [7, 11) is 0. The van der Waals surface area contributed by atoms with Gasteiger partial charge in [-0.2, -0.15) is 0 Å². The van der Waals surface area contributed by atoms with Gasteiger partial charge >= 0.3 is 0 Å². The number of hydrogen-bond acceptors (Lipinski definition) is 2. The van der Waals surface area contributed by atoms with Crippen molar-refractivity contribution in [1.82, 2.24) is 5.32 Å². The number of nitrogens with one attached hydrogen (secondary N) is 2. The summed E-state index contributed by atoms with van der Waals surface area (Å²) in [6.45, 7) is 6.27. The summed E-state index contributed by atoms with van der Waals surface area (Å²) in [5.74, 6) is 0. The lowest BCUT2D eigenvalue weighted by atomic mass is 10.1. The molecular weight excluding hydrogens is 272 g/mol. The molecule has 2 aromatic rings. The fraction of sp³-hybridized carbons (Fsp3) is 0.267. The minimum Gasteiger partial charge on any atom is -0.355 e. The Morgan fingerprint density at radius 2 is 2.05 bits per heavy atom. The first-order valence-corrected chi connectivity index (χ1v) is 7.53. The highest BCUT2D eigenvalue weighted by Crippen LogP contribution is 2.19. The first-order chi connectivity index (χ1) is 9.06. The molecule has 0 spiro atoms. The normalized spacial score (nSPS) is 11.9. The van der Waals surface area contributed by atoms with Crippen LogP contribution in [0.15, 0.2) is 35.7 Å². The van der Waals surface area contributed by atoms with Crippen molar-refractivity contribution in [3.8, 4) is 0 Å². The Hall–Kier alpha value is -1.39. The molecule has 0 unspecified atom stereocenters. The highest BCUT2D eigenvalue weighted by molar-refractivity contribution is 7.80. The first-order valence-electron chi connectivity index (χ1n) is 6.24. The minimum atomic E-state index is 0.227. The van der Waals surface area contributed by atoms with Gasteiger partial charge in [0, 0.05) is 10.6 Å². The molecule has 0 saturated carbocycles. The van der Waals surface area contributed by atoms with Crippen LogP contribution in [0.4, 0.5) is 5.69 Å². The smallest absolute Gasteiger partial charge is 0.171 e. The summed E-state index contributed by atoms with van der Waals surface area (Å²) in [5, 5.41) is 9.32. The highest BCUT2D eigenvalue weighted by Gasteiger charge is 2.08. The zero-order chi connectivity index (χ0) is 13.8. The summed E-state index contributed by atoms with van der Waals surface area (Å²) in [4.78, 5) is 1.28. The van der Waals surface area contributed by atoms with Crippen LogP contribution in [0, 0.1) is 13.8 Å². The molecule has 0 fully saturated rings. The van der Waals surface area contributed by atoms with E-state index in [9.17, 15) is 0 Å². The maximum atomic E-state index is 5.37. The molecule has 1 aromatic carbocycles. The van der Waals surface area contributed by atoms with Gasteiger partial charge in [0.25, 0.3) is 0 Å². The third kappa shape index (κ3) is 3.78. The van der Waals surface area contributed by atoms with Crippen molar-refractivity contribution in [2.45, 2.75) is 26.8 Å². The Balaban J connectivity index is 1.99. The lowest BCUT2D eigenvalue weighted by Crippen LogP contribution is -2.30. The van der Waals surface area contributed by atoms with E-state index in [2.05, 4.69) is 67.1 Å². The number of aryl methyl sites for hydroxylation is 2. The van der Waals surface area contributed by atoms with E-state index in [1.807, 2.05) is 0 Å². The Bertz CT molecular complexity index is 562. The SMILES string of the molecule is Cc1ccc(C)c(NC(=S)N[C@@H](C)c2cccs2)c1. The molecule has 0 aliphatic carbocycles. The summed E-state index contributed by atoms with van der Waals surface area (Å²) in [6.07, 6.45) is 0. The average molecular weight is 290 g/mol. The first kappa shape index (κ1) is 14.0. The number of anilines is 1. The van der Waals surface area contributed by atoms with Gasteiger partial charge in [0.05, 0.1) is 6.04 Å². The van der Waals surface area contributed by atoms with E-state index < -0.39 is 0 Å². The van der Waals surface area contributed by atoms with Crippen LogP contribution < -0.4 is 10.6 Å². The topological polar surface area (TPSA) is 24.1 Å². The lowest BCUT2D eigenvalue weighted by Gasteiger charge is -2.17. The molecule has 0 saturated heterocycles. The monoisotopic (exact) mass is 290 g/mol. The van der Waals surface area contributed by atoms with Gasteiger partial charge in [0.15, 0.2) is 5.11 Å². The van der Waals surface area contributed by atoms with E-state index in [4.69, 9.17) is 12.2 Å². The predicted molar refractivity (Wildman–Crippen MR) is 88.0 cm³/mol. The summed E-state index contributed by atoms with van der Waals surface area (Å²) >= 11 is 7.11. The van der Waals surface area contributed by atoms with E-state index in [1.54, 1.807) is 11.3 Å². The third-order valence-corrected chi connectivity index (χ3v) is 4.23. The van der Waals surface area contributed by atoms with Crippen molar-refractivity contribution in [3.63, 3.8) is 0 Å². The fourth-order valence-corrected chi connectivity index (χ4v) is 2.86. The van der Waals surface area contributed by atoms with Crippen molar-refractivity contribution < 1.29 is 0 Å². The Kier molecular flexibility index (Phi) is 4.56. The average Bonchev–Trinajstić information content (AvgIpc) is 2.87. The van der Waals surface area contributed by atoms with E-state index >= 15 is 0 Å². The zero-order valence-corrected chi connectivity index (χ0v) is 13.0. The van der Waals surface area contributed by atoms with E-state index in [-0.39, 0.29) is 6.04 Å². The highest BCUT2D eigenvalue weighted by atomic mass is 32.1. The zero-order valence-electron chi connectivity index (χ0n) is 11.4. The van der Waals surface area contributed by atoms with Crippen molar-refractivity contribution in [1.29, 1.82) is 0 Å². The van der Waals surface area contributed by atoms with Crippen LogP contribution in [0.1, 0.15) is 29.0 Å². The second kappa shape index (κ2) is 6.17. The van der Waals surface area contributed by atoms with Crippen molar-refractivity contribution in [2.24, 2.45) is 0 Å². The second-order valence-electron chi connectivity index (χ2n) is 4.65. The lowest BCUT2D eigenvalue weighted by molar-refractivity contribution is 0.737. The number of benzene rings is 1. The largest absolute Gasteiger partial charge is 0.355 e. The van der Waals surface area contributed by atoms with Gasteiger partial charge in [0.2, 0.25) is 0 Å². The van der Waals surface area contributed by atoms with Crippen molar-refractivity contribution in [3.05, 3.63) is 51.7 Å². The maximum Gasteiger partial charge on any atom is 0.171 e. The maximum absolute atomic E-state index is 5.37. The van der Waals surface area contributed by atoms with Gasteiger partial charge in [-0.3, -0.25) is 0 Å². The quantitative estimate of drug-likeness (QED) is 0.819. The van der Waals surface area contributed by atoms with Crippen LogP contribution in [0.25, 0.3) is 0 Å². The second-order valence-corrected chi connectivity index (χ2v) is 6.04. The Morgan fingerprint density at radius 1 is 1.26 bits per heavy atom. The molecule has 0 amide bonds. The van der Waals surface area contributed by atoms with Gasteiger partial charge in [-0.15, -0.1) is 11.3 Å². The molecule has 0 bridgehead atoms. The molecular formula is C15H18N2S2. The van der Waals surface area contributed by atoms with Crippen molar-refractivity contribution in [2.75, 3.05) is 5.32 Å². The standard InChI is InChI=1S/C15H18N2S2/c1-10-6-7-11(2)13(9-10)17-15(18)16-12(3)14-5-4-8-19-14/h4-9,12H,1-3H3,(H2,16,17,18)/t12-/m0/s1. The molecule has 0 aliphatic heterocycles. The van der Waals surface area contributed by atoms with Crippen molar-refractivity contribution >= 4 is 34.4 Å². The van der Waals surface area contributed by atoms with Gasteiger partial charge in [0.1, 0.15) is 0 Å². The van der Waals surface area contributed by atoms with Crippen LogP contribution in [0.2, 0.25) is 0 Å². The summed E-state index contributed by atoms with van der Waals surface area (Å²) in [6, 6.07) is 10.7. The van der Waals surface area contributed by atoms with Crippen LogP contribution in [-0.2, 0) is 0 Å². The molecule has 2 nitrogen and oxygen atoms in total. The summed E-state index contributed by atoms with van der Waals surface area (Å²) < 4.78 is 0. The third-order valence-electron chi connectivity index (χ3n) is 2.96. The Labute approximate surface area is 123 Å². The molecule has 2 rings (SSSR count). The number of thiocarbonyl (C=S) groups is 1. The molecule has 1 atom stereocenters. The molecule has 1 aromatic heterocycles. The van der Waals surface area contributed by atoms with Gasteiger partial charge in [-0.25, -0.2) is 0 Å². The van der Waals surface area contributed by atoms with E-state index in [0.29, 0.717) is 5.11 Å². The van der Waals surface area contributed by atoms with Gasteiger partial charge in [-0.1, -0.05) is 18.2 Å². The Morgan fingerprint density at radius 3 is 2.74 bits per heavy atom. The number of thiophene rings is 1. The molecule has 2 N–H and O–H groups in total. The number of hydrogen-bond donors (Lipinski definition) is 2. The van der Waals surface area contributed by atoms with Crippen LogP contribution in [-0.4, -0.2) is 5.11 Å². The predicted octanol–water partition coefficient (Wildman–Crippen LogP) is 4.41.